The molecule has 9 heteroatoms. The van der Waals surface area contributed by atoms with Gasteiger partial charge in [-0.2, -0.15) is 8.42 Å². The molecule has 0 unspecified atom stereocenters. The molecule has 98 valence electrons. The van der Waals surface area contributed by atoms with E-state index in [-0.39, 0.29) is 43.0 Å². The summed E-state index contributed by atoms with van der Waals surface area (Å²) in [6.07, 6.45) is -4.88. The maximum absolute atomic E-state index is 12.0. The van der Waals surface area contributed by atoms with E-state index in [9.17, 15) is 21.6 Å². The molecule has 0 spiro atoms. The first kappa shape index (κ1) is 17.7. The van der Waals surface area contributed by atoms with Crippen LogP contribution in [0.1, 0.15) is 13.9 Å². The van der Waals surface area contributed by atoms with Gasteiger partial charge in [0.15, 0.2) is 5.75 Å². The number of rotatable bonds is 3. The van der Waals surface area contributed by atoms with Crippen molar-refractivity contribution in [2.75, 3.05) is 0 Å². The number of aryl methyl sites for hydroxylation is 1. The van der Waals surface area contributed by atoms with Crippen molar-refractivity contribution in [2.45, 2.75) is 24.6 Å². The summed E-state index contributed by atoms with van der Waals surface area (Å²) in [5.74, 6) is -0.931. The minimum atomic E-state index is -5.02. The standard InChI is InChI=1S/C9H9F3O4S.Na.H/c1-2-6-4-3-5-7(16-9(10,11)12)8(6)17(13,14)15;;/h3-5H,2H2,1H3,(H,13,14,15);;/q;+1;-1. The van der Waals surface area contributed by atoms with Gasteiger partial charge in [0, 0.05) is 0 Å². The third-order valence-corrected chi connectivity index (χ3v) is 2.90. The van der Waals surface area contributed by atoms with Crippen LogP contribution in [-0.4, -0.2) is 19.3 Å². The number of hydrogen-bond donors (Lipinski definition) is 1. The second-order valence-corrected chi connectivity index (χ2v) is 4.48. The maximum Gasteiger partial charge on any atom is 1.00 e. The van der Waals surface area contributed by atoms with Crippen LogP contribution in [0.4, 0.5) is 13.2 Å². The molecule has 0 saturated carbocycles. The number of halogens is 3. The number of hydrogen-bond acceptors (Lipinski definition) is 3. The first-order chi connectivity index (χ1) is 7.65. The Labute approximate surface area is 126 Å². The summed E-state index contributed by atoms with van der Waals surface area (Å²) < 4.78 is 70.7. The molecular formula is C9H10F3NaO4S. The second-order valence-electron chi connectivity index (χ2n) is 3.12. The summed E-state index contributed by atoms with van der Waals surface area (Å²) >= 11 is 0. The second kappa shape index (κ2) is 6.25. The summed E-state index contributed by atoms with van der Waals surface area (Å²) in [4.78, 5) is -0.847. The van der Waals surface area contributed by atoms with Crippen molar-refractivity contribution < 1.29 is 61.9 Å². The van der Waals surface area contributed by atoms with Crippen LogP contribution in [0, 0.1) is 0 Å². The summed E-state index contributed by atoms with van der Waals surface area (Å²) in [6.45, 7) is 1.54. The van der Waals surface area contributed by atoms with E-state index in [1.807, 2.05) is 0 Å². The van der Waals surface area contributed by atoms with Crippen LogP contribution in [0.15, 0.2) is 23.1 Å². The third kappa shape index (κ3) is 4.77. The molecule has 4 nitrogen and oxygen atoms in total. The zero-order valence-electron chi connectivity index (χ0n) is 10.7. The Bertz CT molecular complexity index is 519. The fraction of sp³-hybridized carbons (Fsp3) is 0.333. The van der Waals surface area contributed by atoms with Gasteiger partial charge < -0.3 is 6.16 Å². The molecule has 0 fully saturated rings. The number of alkyl halides is 3. The molecule has 0 heterocycles. The molecule has 0 aliphatic heterocycles. The van der Waals surface area contributed by atoms with Gasteiger partial charge in [-0.3, -0.25) is 4.55 Å². The normalized spacial score (nSPS) is 11.8. The topological polar surface area (TPSA) is 63.6 Å². The van der Waals surface area contributed by atoms with Crippen LogP contribution < -0.4 is 34.3 Å². The van der Waals surface area contributed by atoms with E-state index in [1.54, 1.807) is 6.92 Å². The maximum atomic E-state index is 12.0. The molecule has 0 aromatic heterocycles. The third-order valence-electron chi connectivity index (χ3n) is 1.92. The predicted molar refractivity (Wildman–Crippen MR) is 53.4 cm³/mol. The van der Waals surface area contributed by atoms with Gasteiger partial charge in [0.1, 0.15) is 4.90 Å². The summed E-state index contributed by atoms with van der Waals surface area (Å²) in [7, 11) is -4.77. The first-order valence-electron chi connectivity index (χ1n) is 4.50. The van der Waals surface area contributed by atoms with E-state index in [2.05, 4.69) is 4.74 Å². The van der Waals surface area contributed by atoms with Gasteiger partial charge in [0.2, 0.25) is 0 Å². The molecule has 0 aliphatic rings. The van der Waals surface area contributed by atoms with Gasteiger partial charge in [-0.1, -0.05) is 19.1 Å². The molecule has 0 atom stereocenters. The predicted octanol–water partition coefficient (Wildman–Crippen LogP) is -0.489. The van der Waals surface area contributed by atoms with Crippen molar-refractivity contribution >= 4 is 10.1 Å². The molecule has 0 bridgehead atoms. The Balaban J connectivity index is 0. The monoisotopic (exact) mass is 294 g/mol. The Morgan fingerprint density at radius 3 is 2.33 bits per heavy atom. The van der Waals surface area contributed by atoms with Crippen molar-refractivity contribution in [1.29, 1.82) is 0 Å². The largest absolute Gasteiger partial charge is 1.00 e. The summed E-state index contributed by atoms with van der Waals surface area (Å²) in [5.41, 5.74) is 0.0502. The zero-order chi connectivity index (χ0) is 13.3. The van der Waals surface area contributed by atoms with Gasteiger partial charge >= 0.3 is 35.9 Å². The van der Waals surface area contributed by atoms with E-state index >= 15 is 0 Å². The van der Waals surface area contributed by atoms with Gasteiger partial charge in [-0.25, -0.2) is 0 Å². The molecule has 0 amide bonds. The Kier molecular flexibility index (Phi) is 6.15. The zero-order valence-corrected chi connectivity index (χ0v) is 12.5. The molecule has 1 aromatic rings. The van der Waals surface area contributed by atoms with Crippen LogP contribution >= 0.6 is 0 Å². The minimum absolute atomic E-state index is 0. The van der Waals surface area contributed by atoms with Crippen molar-refractivity contribution in [3.63, 3.8) is 0 Å². The molecular weight excluding hydrogens is 284 g/mol. The van der Waals surface area contributed by atoms with Crippen molar-refractivity contribution in [1.82, 2.24) is 0 Å². The Hall–Kier alpha value is -0.280. The Morgan fingerprint density at radius 2 is 1.94 bits per heavy atom. The average Bonchev–Trinajstić information content (AvgIpc) is 2.12. The fourth-order valence-electron chi connectivity index (χ4n) is 1.34. The van der Waals surface area contributed by atoms with Crippen LogP contribution in [0.3, 0.4) is 0 Å². The van der Waals surface area contributed by atoms with Crippen LogP contribution in [0.5, 0.6) is 5.75 Å². The van der Waals surface area contributed by atoms with E-state index in [1.165, 1.54) is 12.1 Å². The van der Waals surface area contributed by atoms with Crippen molar-refractivity contribution in [3.8, 4) is 5.75 Å². The van der Waals surface area contributed by atoms with Crippen LogP contribution in [0.25, 0.3) is 0 Å². The average molecular weight is 294 g/mol. The smallest absolute Gasteiger partial charge is 1.00 e. The molecule has 0 radical (unpaired) electrons. The van der Waals surface area contributed by atoms with Gasteiger partial charge in [0.05, 0.1) is 0 Å². The molecule has 18 heavy (non-hydrogen) atoms. The number of ether oxygens (including phenoxy) is 1. The van der Waals surface area contributed by atoms with Crippen molar-refractivity contribution in [2.24, 2.45) is 0 Å². The van der Waals surface area contributed by atoms with Crippen LogP contribution in [0.2, 0.25) is 0 Å². The van der Waals surface area contributed by atoms with E-state index in [4.69, 9.17) is 4.55 Å². The molecule has 0 saturated heterocycles. The van der Waals surface area contributed by atoms with Gasteiger partial charge in [-0.15, -0.1) is 13.2 Å². The molecule has 0 aliphatic carbocycles. The van der Waals surface area contributed by atoms with E-state index in [0.717, 1.165) is 6.07 Å². The molecule has 1 aromatic carbocycles. The first-order valence-corrected chi connectivity index (χ1v) is 5.94. The van der Waals surface area contributed by atoms with Gasteiger partial charge in [0.25, 0.3) is 10.1 Å². The Morgan fingerprint density at radius 1 is 1.39 bits per heavy atom. The summed E-state index contributed by atoms with van der Waals surface area (Å²) in [5, 5.41) is 0. The summed E-state index contributed by atoms with van der Waals surface area (Å²) in [6, 6.07) is 3.34. The number of benzene rings is 1. The molecule has 1 N–H and O–H groups in total. The minimum Gasteiger partial charge on any atom is -1.00 e. The fourth-order valence-corrected chi connectivity index (χ4v) is 2.25. The quantitative estimate of drug-likeness (QED) is 0.604. The van der Waals surface area contributed by atoms with Gasteiger partial charge in [-0.05, 0) is 18.1 Å². The van der Waals surface area contributed by atoms with Crippen molar-refractivity contribution in [3.05, 3.63) is 23.8 Å². The SMILES string of the molecule is CCc1cccc(OC(F)(F)F)c1S(=O)(=O)O.[H-].[Na+]. The van der Waals surface area contributed by atoms with E-state index < -0.39 is 27.1 Å². The van der Waals surface area contributed by atoms with Crippen LogP contribution in [-0.2, 0) is 16.5 Å². The molecule has 1 rings (SSSR count). The van der Waals surface area contributed by atoms with E-state index in [0.29, 0.717) is 0 Å².